The number of likely N-dealkylation sites (tertiary alicyclic amines) is 1. The topological polar surface area (TPSA) is 125 Å². The van der Waals surface area contributed by atoms with Gasteiger partial charge in [-0.2, -0.15) is 4.98 Å². The molecule has 0 bridgehead atoms. The Kier molecular flexibility index (Phi) is 7.86. The summed E-state index contributed by atoms with van der Waals surface area (Å²) in [5.74, 6) is 0.385. The van der Waals surface area contributed by atoms with Crippen LogP contribution in [-0.4, -0.2) is 73.6 Å². The molecule has 1 saturated carbocycles. The number of carbonyl (C=O) groups excluding carboxylic acids is 4. The van der Waals surface area contributed by atoms with Crippen molar-refractivity contribution in [3.63, 3.8) is 0 Å². The van der Waals surface area contributed by atoms with Crippen LogP contribution in [0.2, 0.25) is 5.02 Å². The number of halogens is 1. The third kappa shape index (κ3) is 5.18. The second-order valence-corrected chi connectivity index (χ2v) is 16.5. The van der Waals surface area contributed by atoms with Crippen LogP contribution in [0, 0.1) is 0 Å². The average Bonchev–Trinajstić information content (AvgIpc) is 3.81. The Morgan fingerprint density at radius 1 is 0.889 bits per heavy atom. The van der Waals surface area contributed by atoms with Gasteiger partial charge in [-0.25, -0.2) is 0 Å². The average molecular weight is 745 g/mol. The molecule has 4 amide bonds. The lowest BCUT2D eigenvalue weighted by Crippen LogP contribution is -2.52. The highest BCUT2D eigenvalue weighted by atomic mass is 35.5. The van der Waals surface area contributed by atoms with E-state index < -0.39 is 11.9 Å². The van der Waals surface area contributed by atoms with Gasteiger partial charge in [-0.15, -0.1) is 0 Å². The van der Waals surface area contributed by atoms with Crippen molar-refractivity contribution in [2.75, 3.05) is 19.6 Å². The monoisotopic (exact) mass is 744 g/mol. The first-order chi connectivity index (χ1) is 26.2. The fraction of sp³-hybridized carbons (Fsp3) is 0.429. The van der Waals surface area contributed by atoms with Gasteiger partial charge in [-0.1, -0.05) is 55.1 Å². The van der Waals surface area contributed by atoms with Gasteiger partial charge in [0.15, 0.2) is 0 Å². The second-order valence-electron chi connectivity index (χ2n) is 16.1. The Labute approximate surface area is 317 Å². The molecule has 6 aliphatic rings. The van der Waals surface area contributed by atoms with E-state index in [2.05, 4.69) is 33.0 Å². The smallest absolute Gasteiger partial charge is 0.282 e. The van der Waals surface area contributed by atoms with Gasteiger partial charge >= 0.3 is 0 Å². The van der Waals surface area contributed by atoms with E-state index in [0.717, 1.165) is 85.3 Å². The van der Waals surface area contributed by atoms with Crippen LogP contribution in [0.1, 0.15) is 108 Å². The lowest BCUT2D eigenvalue weighted by molar-refractivity contribution is -0.137. The maximum Gasteiger partial charge on any atom is 0.282 e. The zero-order chi connectivity index (χ0) is 36.9. The van der Waals surface area contributed by atoms with Crippen molar-refractivity contribution in [3.05, 3.63) is 103 Å². The highest BCUT2D eigenvalue weighted by Gasteiger charge is 2.47. The summed E-state index contributed by atoms with van der Waals surface area (Å²) in [6.45, 7) is 3.29. The van der Waals surface area contributed by atoms with Gasteiger partial charge in [0.1, 0.15) is 11.9 Å². The van der Waals surface area contributed by atoms with Gasteiger partial charge in [0.2, 0.25) is 17.7 Å². The molecule has 1 unspecified atom stereocenters. The van der Waals surface area contributed by atoms with E-state index >= 15 is 0 Å². The van der Waals surface area contributed by atoms with Crippen LogP contribution in [0.5, 0.6) is 0 Å². The van der Waals surface area contributed by atoms with Crippen molar-refractivity contribution in [3.8, 4) is 5.69 Å². The van der Waals surface area contributed by atoms with Crippen molar-refractivity contribution < 1.29 is 19.2 Å². The highest BCUT2D eigenvalue weighted by molar-refractivity contribution is 6.35. The number of hydrogen-bond donors (Lipinski definition) is 1. The van der Waals surface area contributed by atoms with Crippen molar-refractivity contribution >= 4 is 46.1 Å². The summed E-state index contributed by atoms with van der Waals surface area (Å²) >= 11 is 6.58. The third-order valence-electron chi connectivity index (χ3n) is 13.1. The summed E-state index contributed by atoms with van der Waals surface area (Å²) in [6.07, 6.45) is 7.82. The molecule has 1 aromatic heterocycles. The van der Waals surface area contributed by atoms with E-state index in [1.54, 1.807) is 11.0 Å². The van der Waals surface area contributed by atoms with E-state index in [1.807, 2.05) is 29.2 Å². The number of benzene rings is 3. The van der Waals surface area contributed by atoms with Crippen LogP contribution in [0.3, 0.4) is 0 Å². The number of nitrogens with one attached hydrogen (secondary N) is 1. The van der Waals surface area contributed by atoms with E-state index in [0.29, 0.717) is 54.5 Å². The summed E-state index contributed by atoms with van der Waals surface area (Å²) in [4.78, 5) is 74.9. The van der Waals surface area contributed by atoms with Crippen LogP contribution in [0.15, 0.2) is 53.3 Å². The third-order valence-corrected chi connectivity index (χ3v) is 13.4. The summed E-state index contributed by atoms with van der Waals surface area (Å²) < 4.78 is 2.22. The molecule has 1 N–H and O–H groups in total. The Hall–Kier alpha value is -4.87. The number of piperidine rings is 2. The van der Waals surface area contributed by atoms with Crippen molar-refractivity contribution in [2.45, 2.75) is 94.8 Å². The number of imide groups is 1. The Morgan fingerprint density at radius 3 is 2.44 bits per heavy atom. The molecule has 12 heteroatoms. The first-order valence-electron chi connectivity index (χ1n) is 19.3. The van der Waals surface area contributed by atoms with E-state index in [-0.39, 0.29) is 35.1 Å². The van der Waals surface area contributed by atoms with Crippen LogP contribution in [0.4, 0.5) is 0 Å². The molecular formula is C42H41ClN6O5. The van der Waals surface area contributed by atoms with Crippen LogP contribution < -0.4 is 10.9 Å². The second kappa shape index (κ2) is 12.6. The first kappa shape index (κ1) is 33.7. The van der Waals surface area contributed by atoms with E-state index in [9.17, 15) is 24.0 Å². The van der Waals surface area contributed by atoms with Gasteiger partial charge < -0.3 is 9.80 Å². The summed E-state index contributed by atoms with van der Waals surface area (Å²) in [7, 11) is 0. The normalized spacial score (nSPS) is 22.1. The Bertz CT molecular complexity index is 2370. The van der Waals surface area contributed by atoms with Crippen LogP contribution in [-0.2, 0) is 39.4 Å². The first-order valence-corrected chi connectivity index (χ1v) is 19.7. The molecular weight excluding hydrogens is 704 g/mol. The van der Waals surface area contributed by atoms with Gasteiger partial charge in [0.25, 0.3) is 11.5 Å². The Morgan fingerprint density at radius 2 is 1.67 bits per heavy atom. The molecule has 6 heterocycles. The molecule has 4 aromatic rings. The molecule has 1 aliphatic carbocycles. The minimum absolute atomic E-state index is 0.0837. The molecule has 10 rings (SSSR count). The quantitative estimate of drug-likeness (QED) is 0.289. The molecule has 1 atom stereocenters. The molecule has 0 radical (unpaired) electrons. The fourth-order valence-corrected chi connectivity index (χ4v) is 10.6. The number of rotatable bonds is 4. The summed E-state index contributed by atoms with van der Waals surface area (Å²) in [5, 5.41) is 3.26. The number of amides is 4. The molecule has 1 spiro atoms. The minimum Gasteiger partial charge on any atom is -0.333 e. The predicted molar refractivity (Wildman–Crippen MR) is 201 cm³/mol. The molecule has 5 aliphatic heterocycles. The zero-order valence-corrected chi connectivity index (χ0v) is 30.8. The number of nitrogens with zero attached hydrogens (tertiary/aromatic N) is 5. The van der Waals surface area contributed by atoms with Gasteiger partial charge in [-0.05, 0) is 103 Å². The number of aromatic nitrogens is 2. The molecule has 3 fully saturated rings. The Balaban J connectivity index is 0.819. The maximum atomic E-state index is 13.6. The van der Waals surface area contributed by atoms with Crippen molar-refractivity contribution in [1.82, 2.24) is 29.6 Å². The predicted octanol–water partition coefficient (Wildman–Crippen LogP) is 5.09. The van der Waals surface area contributed by atoms with Crippen molar-refractivity contribution in [1.29, 1.82) is 0 Å². The molecule has 3 aromatic carbocycles. The number of fused-ring (bicyclic) bond motifs is 9. The SMILES string of the molecule is O=C1CCC(N2Cc3cc4c(cc3C2=O)CN(C(=O)CN2CCC(c3ccc5c(c3)-n3c(nc(=O)c6c(Cl)cccc63)C53CCCCC3)CC2)C4)C(=O)N1. The lowest BCUT2D eigenvalue weighted by Gasteiger charge is -2.34. The molecule has 11 nitrogen and oxygen atoms in total. The van der Waals surface area contributed by atoms with E-state index in [4.69, 9.17) is 16.6 Å². The highest BCUT2D eigenvalue weighted by Crippen LogP contribution is 2.52. The van der Waals surface area contributed by atoms with Gasteiger partial charge in [0.05, 0.1) is 33.6 Å². The zero-order valence-electron chi connectivity index (χ0n) is 30.0. The lowest BCUT2D eigenvalue weighted by atomic mass is 9.69. The fourth-order valence-electron chi connectivity index (χ4n) is 10.3. The number of carbonyl (C=O) groups is 4. The van der Waals surface area contributed by atoms with Crippen LogP contribution >= 0.6 is 11.6 Å². The molecule has 2 saturated heterocycles. The largest absolute Gasteiger partial charge is 0.333 e. The van der Waals surface area contributed by atoms with Crippen LogP contribution in [0.25, 0.3) is 16.6 Å². The van der Waals surface area contributed by atoms with E-state index in [1.165, 1.54) is 17.5 Å². The standard InChI is InChI=1S/C42H41ClN6O5/c43-31-5-4-6-32-37(31)39(53)45-41-42(13-2-1-3-14-42)30-8-7-25(19-34(30)49(32)41)24-11-15-46(16-12-24)23-36(51)47-20-26-17-28-22-48(33-9-10-35(50)44-38(33)52)40(54)29(28)18-27(26)21-47/h4-8,17-19,24,33H,1-3,9-16,20-23H2,(H,44,50,52). The number of hydrogen-bond acceptors (Lipinski definition) is 7. The summed E-state index contributed by atoms with van der Waals surface area (Å²) in [5.41, 5.74) is 7.44. The molecule has 54 heavy (non-hydrogen) atoms. The molecule has 276 valence electrons. The van der Waals surface area contributed by atoms with Crippen molar-refractivity contribution in [2.24, 2.45) is 0 Å². The maximum absolute atomic E-state index is 13.6. The van der Waals surface area contributed by atoms with Gasteiger partial charge in [0, 0.05) is 31.6 Å². The van der Waals surface area contributed by atoms with Gasteiger partial charge in [-0.3, -0.25) is 38.8 Å². The summed E-state index contributed by atoms with van der Waals surface area (Å²) in [6, 6.07) is 15.8. The minimum atomic E-state index is -0.642.